The highest BCUT2D eigenvalue weighted by atomic mass is 35.5. The van der Waals surface area contributed by atoms with Gasteiger partial charge in [-0.25, -0.2) is 4.39 Å². The number of carbonyl (C=O) groups excluding carboxylic acids is 1. The third-order valence-electron chi connectivity index (χ3n) is 3.26. The van der Waals surface area contributed by atoms with E-state index in [9.17, 15) is 14.3 Å². The van der Waals surface area contributed by atoms with Gasteiger partial charge in [0.2, 0.25) is 5.91 Å². The molecule has 2 aromatic rings. The van der Waals surface area contributed by atoms with Crippen LogP contribution in [-0.4, -0.2) is 17.6 Å². The van der Waals surface area contributed by atoms with Gasteiger partial charge in [-0.3, -0.25) is 4.79 Å². The molecule has 0 radical (unpaired) electrons. The highest BCUT2D eigenvalue weighted by Crippen LogP contribution is 2.18. The Balaban J connectivity index is 1.76. The average molecular weight is 322 g/mol. The Hall–Kier alpha value is -1.91. The van der Waals surface area contributed by atoms with Crippen LogP contribution in [0.3, 0.4) is 0 Å². The third-order valence-corrected chi connectivity index (χ3v) is 3.51. The second kappa shape index (κ2) is 7.92. The zero-order chi connectivity index (χ0) is 15.9. The van der Waals surface area contributed by atoms with Gasteiger partial charge in [-0.05, 0) is 41.8 Å². The van der Waals surface area contributed by atoms with Crippen LogP contribution in [-0.2, 0) is 11.2 Å². The molecule has 1 atom stereocenters. The van der Waals surface area contributed by atoms with Gasteiger partial charge in [0.15, 0.2) is 0 Å². The standard InChI is InChI=1S/C17H17ClFNO2/c18-14-6-4-13(5-7-14)16(21)11-17(22)20-9-8-12-2-1-3-15(19)10-12/h1-7,10,16,21H,8-9,11H2,(H,20,22). The minimum Gasteiger partial charge on any atom is -0.388 e. The molecule has 22 heavy (non-hydrogen) atoms. The SMILES string of the molecule is O=C(CC(O)c1ccc(Cl)cc1)NCCc1cccc(F)c1. The molecular formula is C17H17ClFNO2. The summed E-state index contributed by atoms with van der Waals surface area (Å²) in [5.41, 5.74) is 1.46. The van der Waals surface area contributed by atoms with Crippen molar-refractivity contribution in [3.8, 4) is 0 Å². The Bertz CT molecular complexity index is 631. The van der Waals surface area contributed by atoms with E-state index in [1.54, 1.807) is 36.4 Å². The molecule has 5 heteroatoms. The van der Waals surface area contributed by atoms with Crippen LogP contribution in [0.4, 0.5) is 4.39 Å². The molecule has 0 aliphatic heterocycles. The lowest BCUT2D eigenvalue weighted by Crippen LogP contribution is -2.27. The lowest BCUT2D eigenvalue weighted by Gasteiger charge is -2.11. The molecule has 2 rings (SSSR count). The van der Waals surface area contributed by atoms with E-state index in [4.69, 9.17) is 11.6 Å². The Morgan fingerprint density at radius 1 is 1.23 bits per heavy atom. The molecule has 0 fully saturated rings. The fraction of sp³-hybridized carbons (Fsp3) is 0.235. The first-order chi connectivity index (χ1) is 10.5. The van der Waals surface area contributed by atoms with Crippen LogP contribution in [0.15, 0.2) is 48.5 Å². The average Bonchev–Trinajstić information content (AvgIpc) is 2.48. The number of amides is 1. The highest BCUT2D eigenvalue weighted by Gasteiger charge is 2.12. The molecule has 0 spiro atoms. The van der Waals surface area contributed by atoms with Crippen molar-refractivity contribution in [1.29, 1.82) is 0 Å². The summed E-state index contributed by atoms with van der Waals surface area (Å²) >= 11 is 5.77. The van der Waals surface area contributed by atoms with E-state index in [0.29, 0.717) is 23.6 Å². The highest BCUT2D eigenvalue weighted by molar-refractivity contribution is 6.30. The Kier molecular flexibility index (Phi) is 5.92. The number of hydrogen-bond acceptors (Lipinski definition) is 2. The number of carbonyl (C=O) groups is 1. The van der Waals surface area contributed by atoms with Crippen LogP contribution in [0.5, 0.6) is 0 Å². The van der Waals surface area contributed by atoms with Crippen molar-refractivity contribution in [2.75, 3.05) is 6.54 Å². The van der Waals surface area contributed by atoms with Crippen molar-refractivity contribution in [1.82, 2.24) is 5.32 Å². The van der Waals surface area contributed by atoms with Crippen molar-refractivity contribution in [3.63, 3.8) is 0 Å². The van der Waals surface area contributed by atoms with Crippen LogP contribution in [0.2, 0.25) is 5.02 Å². The molecule has 0 bridgehead atoms. The van der Waals surface area contributed by atoms with Crippen molar-refractivity contribution in [2.24, 2.45) is 0 Å². The molecule has 0 saturated heterocycles. The molecule has 0 aliphatic rings. The number of benzene rings is 2. The molecule has 1 unspecified atom stereocenters. The molecular weight excluding hydrogens is 305 g/mol. The maximum absolute atomic E-state index is 13.0. The lowest BCUT2D eigenvalue weighted by atomic mass is 10.1. The molecule has 3 nitrogen and oxygen atoms in total. The molecule has 0 aliphatic carbocycles. The molecule has 2 N–H and O–H groups in total. The second-order valence-electron chi connectivity index (χ2n) is 5.00. The van der Waals surface area contributed by atoms with Gasteiger partial charge < -0.3 is 10.4 Å². The van der Waals surface area contributed by atoms with Gasteiger partial charge in [0, 0.05) is 11.6 Å². The second-order valence-corrected chi connectivity index (χ2v) is 5.44. The van der Waals surface area contributed by atoms with Crippen LogP contribution in [0, 0.1) is 5.82 Å². The van der Waals surface area contributed by atoms with Gasteiger partial charge in [0.1, 0.15) is 5.82 Å². The zero-order valence-electron chi connectivity index (χ0n) is 11.9. The summed E-state index contributed by atoms with van der Waals surface area (Å²) in [6.45, 7) is 0.398. The Labute approximate surface area is 133 Å². The molecule has 116 valence electrons. The quantitative estimate of drug-likeness (QED) is 0.858. The predicted molar refractivity (Wildman–Crippen MR) is 84.1 cm³/mol. The number of aliphatic hydroxyl groups is 1. The third kappa shape index (κ3) is 5.13. The van der Waals surface area contributed by atoms with Gasteiger partial charge in [0.25, 0.3) is 0 Å². The van der Waals surface area contributed by atoms with E-state index >= 15 is 0 Å². The number of aliphatic hydroxyl groups excluding tert-OH is 1. The molecule has 0 aromatic heterocycles. The summed E-state index contributed by atoms with van der Waals surface area (Å²) in [5.74, 6) is -0.541. The maximum Gasteiger partial charge on any atom is 0.222 e. The van der Waals surface area contributed by atoms with E-state index in [1.807, 2.05) is 0 Å². The number of nitrogens with one attached hydrogen (secondary N) is 1. The summed E-state index contributed by atoms with van der Waals surface area (Å²) in [7, 11) is 0. The number of hydrogen-bond donors (Lipinski definition) is 2. The summed E-state index contributed by atoms with van der Waals surface area (Å²) in [5, 5.41) is 13.3. The number of rotatable bonds is 6. The van der Waals surface area contributed by atoms with Crippen molar-refractivity contribution in [2.45, 2.75) is 18.9 Å². The van der Waals surface area contributed by atoms with Crippen LogP contribution in [0.25, 0.3) is 0 Å². The first kappa shape index (κ1) is 16.5. The Morgan fingerprint density at radius 2 is 1.95 bits per heavy atom. The minimum absolute atomic E-state index is 0.0230. The topological polar surface area (TPSA) is 49.3 Å². The number of halogens is 2. The summed E-state index contributed by atoms with van der Waals surface area (Å²) in [6, 6.07) is 13.0. The normalized spacial score (nSPS) is 12.0. The molecule has 0 heterocycles. The van der Waals surface area contributed by atoms with E-state index < -0.39 is 6.10 Å². The van der Waals surface area contributed by atoms with Gasteiger partial charge in [-0.15, -0.1) is 0 Å². The van der Waals surface area contributed by atoms with E-state index in [0.717, 1.165) is 5.56 Å². The molecule has 0 saturated carbocycles. The first-order valence-electron chi connectivity index (χ1n) is 6.99. The maximum atomic E-state index is 13.0. The van der Waals surface area contributed by atoms with E-state index in [1.165, 1.54) is 12.1 Å². The minimum atomic E-state index is -0.869. The largest absolute Gasteiger partial charge is 0.388 e. The lowest BCUT2D eigenvalue weighted by molar-refractivity contribution is -0.123. The van der Waals surface area contributed by atoms with Crippen LogP contribution >= 0.6 is 11.6 Å². The fourth-order valence-corrected chi connectivity index (χ4v) is 2.22. The summed E-state index contributed by atoms with van der Waals surface area (Å²) in [4.78, 5) is 11.8. The fourth-order valence-electron chi connectivity index (χ4n) is 2.09. The smallest absolute Gasteiger partial charge is 0.222 e. The van der Waals surface area contributed by atoms with Crippen molar-refractivity contribution < 1.29 is 14.3 Å². The van der Waals surface area contributed by atoms with Crippen LogP contribution < -0.4 is 5.32 Å². The monoisotopic (exact) mass is 321 g/mol. The zero-order valence-corrected chi connectivity index (χ0v) is 12.7. The first-order valence-corrected chi connectivity index (χ1v) is 7.37. The van der Waals surface area contributed by atoms with E-state index in [2.05, 4.69) is 5.32 Å². The molecule has 2 aromatic carbocycles. The van der Waals surface area contributed by atoms with Crippen molar-refractivity contribution >= 4 is 17.5 Å². The summed E-state index contributed by atoms with van der Waals surface area (Å²) in [6.07, 6.45) is -0.350. The van der Waals surface area contributed by atoms with E-state index in [-0.39, 0.29) is 18.1 Å². The molecule has 1 amide bonds. The van der Waals surface area contributed by atoms with Crippen molar-refractivity contribution in [3.05, 3.63) is 70.5 Å². The van der Waals surface area contributed by atoms with Crippen LogP contribution in [0.1, 0.15) is 23.7 Å². The van der Waals surface area contributed by atoms with Gasteiger partial charge >= 0.3 is 0 Å². The van der Waals surface area contributed by atoms with Gasteiger partial charge in [-0.2, -0.15) is 0 Å². The predicted octanol–water partition coefficient (Wildman–Crippen LogP) is 3.26. The Morgan fingerprint density at radius 3 is 2.64 bits per heavy atom. The summed E-state index contributed by atoms with van der Waals surface area (Å²) < 4.78 is 13.0. The van der Waals surface area contributed by atoms with Gasteiger partial charge in [0.05, 0.1) is 12.5 Å². The van der Waals surface area contributed by atoms with Gasteiger partial charge in [-0.1, -0.05) is 35.9 Å².